The molecule has 0 atom stereocenters. The van der Waals surface area contributed by atoms with Gasteiger partial charge >= 0.3 is 0 Å². The van der Waals surface area contributed by atoms with Crippen molar-refractivity contribution in [1.82, 2.24) is 9.97 Å². The van der Waals surface area contributed by atoms with Crippen LogP contribution in [0.15, 0.2) is 34.7 Å². The normalized spacial score (nSPS) is 11.4. The van der Waals surface area contributed by atoms with Gasteiger partial charge in [-0.3, -0.25) is 0 Å². The van der Waals surface area contributed by atoms with E-state index in [1.54, 1.807) is 24.3 Å². The predicted octanol–water partition coefficient (Wildman–Crippen LogP) is 3.73. The third-order valence-electron chi connectivity index (χ3n) is 3.03. The highest BCUT2D eigenvalue weighted by molar-refractivity contribution is 5.82. The molecule has 0 spiro atoms. The van der Waals surface area contributed by atoms with E-state index in [0.717, 1.165) is 0 Å². The van der Waals surface area contributed by atoms with Crippen molar-refractivity contribution in [3.8, 4) is 11.5 Å². The molecule has 0 saturated carbocycles. The number of hydrogen-bond acceptors (Lipinski definition) is 4. The Morgan fingerprint density at radius 2 is 2.00 bits per heavy atom. The molecule has 0 bridgehead atoms. The van der Waals surface area contributed by atoms with Gasteiger partial charge in [0.25, 0.3) is 0 Å². The Morgan fingerprint density at radius 1 is 1.20 bits per heavy atom. The molecule has 0 aliphatic carbocycles. The van der Waals surface area contributed by atoms with Crippen LogP contribution < -0.4 is 5.73 Å². The molecule has 0 fully saturated rings. The van der Waals surface area contributed by atoms with E-state index in [1.807, 2.05) is 13.8 Å². The molecule has 0 unspecified atom stereocenters. The third kappa shape index (κ3) is 2.11. The van der Waals surface area contributed by atoms with Gasteiger partial charge in [-0.25, -0.2) is 14.4 Å². The van der Waals surface area contributed by atoms with Crippen molar-refractivity contribution in [2.75, 3.05) is 5.73 Å². The molecule has 3 rings (SSSR count). The van der Waals surface area contributed by atoms with Gasteiger partial charge in [-0.1, -0.05) is 26.0 Å². The second kappa shape index (κ2) is 4.59. The van der Waals surface area contributed by atoms with Crippen molar-refractivity contribution >= 4 is 16.8 Å². The number of nitrogen functional groups attached to an aromatic ring is 1. The Bertz CT molecular complexity index is 780. The molecule has 1 aromatic carbocycles. The number of anilines is 1. The number of aromatic nitrogens is 2. The summed E-state index contributed by atoms with van der Waals surface area (Å²) in [7, 11) is 0. The molecule has 3 aromatic rings. The number of halogens is 1. The molecule has 0 amide bonds. The largest absolute Gasteiger partial charge is 0.451 e. The van der Waals surface area contributed by atoms with Crippen molar-refractivity contribution in [3.63, 3.8) is 0 Å². The van der Waals surface area contributed by atoms with Crippen LogP contribution in [0.5, 0.6) is 0 Å². The van der Waals surface area contributed by atoms with Gasteiger partial charge in [0.05, 0.1) is 0 Å². The zero-order valence-corrected chi connectivity index (χ0v) is 11.2. The van der Waals surface area contributed by atoms with Gasteiger partial charge < -0.3 is 10.2 Å². The van der Waals surface area contributed by atoms with Gasteiger partial charge in [-0.2, -0.15) is 0 Å². The maximum absolute atomic E-state index is 13.7. The van der Waals surface area contributed by atoms with E-state index in [1.165, 1.54) is 6.07 Å². The van der Waals surface area contributed by atoms with E-state index in [9.17, 15) is 4.39 Å². The van der Waals surface area contributed by atoms with Crippen LogP contribution in [0.25, 0.3) is 22.4 Å². The van der Waals surface area contributed by atoms with Crippen LogP contribution in [0.4, 0.5) is 10.2 Å². The maximum atomic E-state index is 13.7. The smallest absolute Gasteiger partial charge is 0.170 e. The topological polar surface area (TPSA) is 64.9 Å². The molecule has 2 aromatic heterocycles. The molecule has 102 valence electrons. The molecule has 4 nitrogen and oxygen atoms in total. The minimum absolute atomic E-state index is 0.151. The highest BCUT2D eigenvalue weighted by Gasteiger charge is 2.13. The second-order valence-corrected chi connectivity index (χ2v) is 4.96. The van der Waals surface area contributed by atoms with Crippen LogP contribution in [-0.2, 0) is 0 Å². The first-order valence-electron chi connectivity index (χ1n) is 6.37. The highest BCUT2D eigenvalue weighted by atomic mass is 19.1. The minimum atomic E-state index is -0.389. The van der Waals surface area contributed by atoms with Crippen LogP contribution in [0, 0.1) is 5.82 Å². The maximum Gasteiger partial charge on any atom is 0.170 e. The lowest BCUT2D eigenvalue weighted by Crippen LogP contribution is -2.02. The highest BCUT2D eigenvalue weighted by Crippen LogP contribution is 2.29. The van der Waals surface area contributed by atoms with Crippen LogP contribution >= 0.6 is 0 Å². The number of nitrogens with two attached hydrogens (primary N) is 1. The van der Waals surface area contributed by atoms with Crippen LogP contribution in [0.1, 0.15) is 25.6 Å². The number of furan rings is 1. The number of rotatable bonds is 2. The van der Waals surface area contributed by atoms with E-state index in [2.05, 4.69) is 9.97 Å². The summed E-state index contributed by atoms with van der Waals surface area (Å²) >= 11 is 0. The molecule has 0 aliphatic rings. The van der Waals surface area contributed by atoms with Crippen molar-refractivity contribution in [2.45, 2.75) is 19.8 Å². The monoisotopic (exact) mass is 271 g/mol. The summed E-state index contributed by atoms with van der Waals surface area (Å²) in [6, 6.07) is 8.18. The Morgan fingerprint density at radius 3 is 2.70 bits per heavy atom. The molecule has 20 heavy (non-hydrogen) atoms. The zero-order chi connectivity index (χ0) is 14.3. The standard InChI is InChI=1S/C15H14FN3O/c1-8(2)15-18-11(7-13(17)19-15)12-6-9-4-3-5-10(16)14(9)20-12/h3-8H,1-2H3,(H2,17,18,19). The molecular weight excluding hydrogens is 257 g/mol. The number of hydrogen-bond donors (Lipinski definition) is 1. The van der Waals surface area contributed by atoms with Gasteiger partial charge in [0.1, 0.15) is 17.3 Å². The summed E-state index contributed by atoms with van der Waals surface area (Å²) in [5.41, 5.74) is 6.59. The third-order valence-corrected chi connectivity index (χ3v) is 3.03. The Balaban J connectivity index is 2.17. The van der Waals surface area contributed by atoms with Crippen LogP contribution in [0.2, 0.25) is 0 Å². The fraction of sp³-hybridized carbons (Fsp3) is 0.200. The Kier molecular flexibility index (Phi) is 2.89. The van der Waals surface area contributed by atoms with Crippen molar-refractivity contribution in [1.29, 1.82) is 0 Å². The van der Waals surface area contributed by atoms with Gasteiger partial charge in [-0.05, 0) is 12.1 Å². The summed E-state index contributed by atoms with van der Waals surface area (Å²) in [6.07, 6.45) is 0. The number of para-hydroxylation sites is 1. The lowest BCUT2D eigenvalue weighted by Gasteiger charge is -2.06. The molecule has 0 radical (unpaired) electrons. The lowest BCUT2D eigenvalue weighted by molar-refractivity contribution is 0.567. The molecule has 2 heterocycles. The van der Waals surface area contributed by atoms with Crippen LogP contribution in [0.3, 0.4) is 0 Å². The number of nitrogens with zero attached hydrogens (tertiary/aromatic N) is 2. The second-order valence-electron chi connectivity index (χ2n) is 4.96. The Labute approximate surface area is 115 Å². The van der Waals surface area contributed by atoms with Crippen molar-refractivity contribution in [2.24, 2.45) is 0 Å². The van der Waals surface area contributed by atoms with E-state index in [-0.39, 0.29) is 17.3 Å². The zero-order valence-electron chi connectivity index (χ0n) is 11.2. The molecule has 5 heteroatoms. The quantitative estimate of drug-likeness (QED) is 0.771. The SMILES string of the molecule is CC(C)c1nc(N)cc(-c2cc3cccc(F)c3o2)n1. The summed E-state index contributed by atoms with van der Waals surface area (Å²) in [5.74, 6) is 1.26. The van der Waals surface area contributed by atoms with Crippen LogP contribution in [-0.4, -0.2) is 9.97 Å². The molecule has 0 saturated heterocycles. The molecular formula is C15H14FN3O. The fourth-order valence-corrected chi connectivity index (χ4v) is 2.02. The first kappa shape index (κ1) is 12.6. The van der Waals surface area contributed by atoms with E-state index in [4.69, 9.17) is 10.2 Å². The number of benzene rings is 1. The summed E-state index contributed by atoms with van der Waals surface area (Å²) in [5, 5.41) is 0.697. The van der Waals surface area contributed by atoms with Gasteiger partial charge in [-0.15, -0.1) is 0 Å². The summed E-state index contributed by atoms with van der Waals surface area (Å²) < 4.78 is 19.2. The molecule has 2 N–H and O–H groups in total. The summed E-state index contributed by atoms with van der Waals surface area (Å²) in [6.45, 7) is 3.97. The summed E-state index contributed by atoms with van der Waals surface area (Å²) in [4.78, 5) is 8.60. The van der Waals surface area contributed by atoms with Crippen molar-refractivity contribution in [3.05, 3.63) is 42.0 Å². The van der Waals surface area contributed by atoms with Gasteiger partial charge in [0, 0.05) is 17.4 Å². The van der Waals surface area contributed by atoms with E-state index in [0.29, 0.717) is 28.5 Å². The lowest BCUT2D eigenvalue weighted by atomic mass is 10.2. The van der Waals surface area contributed by atoms with Gasteiger partial charge in [0.15, 0.2) is 17.2 Å². The van der Waals surface area contributed by atoms with E-state index >= 15 is 0 Å². The fourth-order valence-electron chi connectivity index (χ4n) is 2.02. The minimum Gasteiger partial charge on any atom is -0.451 e. The average Bonchev–Trinajstić information content (AvgIpc) is 2.83. The van der Waals surface area contributed by atoms with Crippen molar-refractivity contribution < 1.29 is 8.81 Å². The van der Waals surface area contributed by atoms with E-state index < -0.39 is 0 Å². The number of fused-ring (bicyclic) bond motifs is 1. The van der Waals surface area contributed by atoms with Gasteiger partial charge in [0.2, 0.25) is 0 Å². The predicted molar refractivity (Wildman–Crippen MR) is 75.7 cm³/mol. The first-order chi connectivity index (χ1) is 9.54. The Hall–Kier alpha value is -2.43. The molecule has 0 aliphatic heterocycles. The average molecular weight is 271 g/mol. The first-order valence-corrected chi connectivity index (χ1v) is 6.37.